The first-order chi connectivity index (χ1) is 6.86. The monoisotopic (exact) mass is 230 g/mol. The Morgan fingerprint density at radius 1 is 1.33 bits per heavy atom. The van der Waals surface area contributed by atoms with Gasteiger partial charge in [0.05, 0.1) is 7.11 Å². The molecule has 0 fully saturated rings. The topological polar surface area (TPSA) is 83.8 Å². The predicted octanol–water partition coefficient (Wildman–Crippen LogP) is -1.22. The number of rotatable bonds is 3. The summed E-state index contributed by atoms with van der Waals surface area (Å²) in [6.07, 6.45) is 1.06. The van der Waals surface area contributed by atoms with Crippen LogP contribution in [0.4, 0.5) is 0 Å². The summed E-state index contributed by atoms with van der Waals surface area (Å²) < 4.78 is 27.4. The van der Waals surface area contributed by atoms with Crippen molar-refractivity contribution < 1.29 is 23.2 Å². The van der Waals surface area contributed by atoms with E-state index in [1.54, 1.807) is 0 Å². The zero-order valence-electron chi connectivity index (χ0n) is 8.34. The lowest BCUT2D eigenvalue weighted by Crippen LogP contribution is -2.29. The molecule has 1 aromatic carbocycles. The maximum absolute atomic E-state index is 11.3. The largest absolute Gasteiger partial charge is 0.495 e. The molecule has 0 atom stereocenters. The fourth-order valence-electron chi connectivity index (χ4n) is 1.15. The first kappa shape index (κ1) is 12.0. The fraction of sp³-hybridized carbons (Fsp3) is 0.250. The van der Waals surface area contributed by atoms with Crippen LogP contribution in [0.5, 0.6) is 5.75 Å². The summed E-state index contributed by atoms with van der Waals surface area (Å²) in [5.41, 5.74) is 0.180. The average Bonchev–Trinajstić information content (AvgIpc) is 2.15. The second kappa shape index (κ2) is 4.22. The summed E-state index contributed by atoms with van der Waals surface area (Å²) >= 11 is 0. The van der Waals surface area contributed by atoms with E-state index in [1.165, 1.54) is 25.3 Å². The molecule has 82 valence electrons. The molecule has 0 saturated carbocycles. The van der Waals surface area contributed by atoms with Gasteiger partial charge >= 0.3 is 7.12 Å². The maximum atomic E-state index is 11.3. The van der Waals surface area contributed by atoms with Gasteiger partial charge in [0.2, 0.25) is 0 Å². The van der Waals surface area contributed by atoms with Crippen molar-refractivity contribution in [2.24, 2.45) is 0 Å². The number of benzene rings is 1. The standard InChI is InChI=1S/C8H11BO5S/c1-14-7-5-6(9(10)11)3-4-8(7)15(2,12)13/h3-5,10-11H,1-2H3. The van der Waals surface area contributed by atoms with E-state index in [9.17, 15) is 8.42 Å². The molecule has 0 bridgehead atoms. The zero-order valence-corrected chi connectivity index (χ0v) is 9.15. The second-order valence-electron chi connectivity index (χ2n) is 3.06. The van der Waals surface area contributed by atoms with E-state index < -0.39 is 17.0 Å². The Bertz CT molecular complexity index is 454. The van der Waals surface area contributed by atoms with Crippen LogP contribution >= 0.6 is 0 Å². The van der Waals surface area contributed by atoms with Gasteiger partial charge in [0.25, 0.3) is 0 Å². The van der Waals surface area contributed by atoms with Crippen LogP contribution in [-0.2, 0) is 9.84 Å². The molecular formula is C8H11BO5S. The number of methoxy groups -OCH3 is 1. The molecule has 0 saturated heterocycles. The summed E-state index contributed by atoms with van der Waals surface area (Å²) in [5, 5.41) is 17.8. The van der Waals surface area contributed by atoms with Gasteiger partial charge in [-0.25, -0.2) is 8.42 Å². The van der Waals surface area contributed by atoms with Gasteiger partial charge in [0.1, 0.15) is 10.6 Å². The predicted molar refractivity (Wildman–Crippen MR) is 55.9 cm³/mol. The van der Waals surface area contributed by atoms with E-state index in [-0.39, 0.29) is 16.1 Å². The number of hydrogen-bond acceptors (Lipinski definition) is 5. The van der Waals surface area contributed by atoms with Crippen molar-refractivity contribution in [1.82, 2.24) is 0 Å². The highest BCUT2D eigenvalue weighted by atomic mass is 32.2. The molecule has 1 rings (SSSR count). The normalized spacial score (nSPS) is 11.2. The molecule has 1 aromatic rings. The summed E-state index contributed by atoms with van der Waals surface area (Å²) in [5.74, 6) is 0.100. The molecule has 0 aromatic heterocycles. The van der Waals surface area contributed by atoms with Gasteiger partial charge in [0.15, 0.2) is 9.84 Å². The Hall–Kier alpha value is -1.05. The molecule has 0 aliphatic rings. The first-order valence-corrected chi connectivity index (χ1v) is 5.99. The Morgan fingerprint density at radius 3 is 2.33 bits per heavy atom. The summed E-state index contributed by atoms with van der Waals surface area (Å²) in [4.78, 5) is 0.0226. The molecule has 0 heterocycles. The Kier molecular flexibility index (Phi) is 3.38. The third-order valence-corrected chi connectivity index (χ3v) is 3.02. The summed E-state index contributed by atoms with van der Waals surface area (Å²) in [6, 6.07) is 3.88. The molecule has 0 unspecified atom stereocenters. The minimum absolute atomic E-state index is 0.0226. The maximum Gasteiger partial charge on any atom is 0.488 e. The van der Waals surface area contributed by atoms with Crippen LogP contribution in [0.2, 0.25) is 0 Å². The van der Waals surface area contributed by atoms with Crippen LogP contribution in [-0.4, -0.2) is 38.9 Å². The molecule has 0 radical (unpaired) electrons. The van der Waals surface area contributed by atoms with Gasteiger partial charge in [-0.3, -0.25) is 0 Å². The van der Waals surface area contributed by atoms with Crippen LogP contribution in [0, 0.1) is 0 Å². The highest BCUT2D eigenvalue weighted by Gasteiger charge is 2.18. The minimum atomic E-state index is -3.38. The fourth-order valence-corrected chi connectivity index (χ4v) is 1.97. The Morgan fingerprint density at radius 2 is 1.93 bits per heavy atom. The van der Waals surface area contributed by atoms with Crippen molar-refractivity contribution in [2.75, 3.05) is 13.4 Å². The Labute approximate surface area is 88.4 Å². The first-order valence-electron chi connectivity index (χ1n) is 4.10. The molecule has 2 N–H and O–H groups in total. The van der Waals surface area contributed by atoms with Gasteiger partial charge in [-0.1, -0.05) is 6.07 Å². The Balaban J connectivity index is 3.34. The van der Waals surface area contributed by atoms with Gasteiger partial charge < -0.3 is 14.8 Å². The lowest BCUT2D eigenvalue weighted by molar-refractivity contribution is 0.401. The molecule has 0 spiro atoms. The SMILES string of the molecule is COc1cc(B(O)O)ccc1S(C)(=O)=O. The lowest BCUT2D eigenvalue weighted by atomic mass is 9.80. The van der Waals surface area contributed by atoms with Crippen molar-refractivity contribution in [3.8, 4) is 5.75 Å². The quantitative estimate of drug-likeness (QED) is 0.636. The van der Waals surface area contributed by atoms with E-state index in [0.29, 0.717) is 0 Å². The average molecular weight is 230 g/mol. The summed E-state index contributed by atoms with van der Waals surface area (Å²) in [7, 11) is -3.71. The van der Waals surface area contributed by atoms with E-state index in [0.717, 1.165) is 6.26 Å². The third-order valence-electron chi connectivity index (χ3n) is 1.89. The van der Waals surface area contributed by atoms with E-state index >= 15 is 0 Å². The summed E-state index contributed by atoms with van der Waals surface area (Å²) in [6.45, 7) is 0. The van der Waals surface area contributed by atoms with Crippen molar-refractivity contribution >= 4 is 22.4 Å². The van der Waals surface area contributed by atoms with Crippen LogP contribution in [0.1, 0.15) is 0 Å². The second-order valence-corrected chi connectivity index (χ2v) is 5.04. The van der Waals surface area contributed by atoms with Crippen LogP contribution < -0.4 is 10.2 Å². The van der Waals surface area contributed by atoms with E-state index in [2.05, 4.69) is 0 Å². The van der Waals surface area contributed by atoms with Gasteiger partial charge in [-0.2, -0.15) is 0 Å². The smallest absolute Gasteiger partial charge is 0.488 e. The van der Waals surface area contributed by atoms with Crippen molar-refractivity contribution in [3.63, 3.8) is 0 Å². The highest BCUT2D eigenvalue weighted by molar-refractivity contribution is 7.90. The molecule has 5 nitrogen and oxygen atoms in total. The van der Waals surface area contributed by atoms with Crippen molar-refractivity contribution in [2.45, 2.75) is 4.90 Å². The molecule has 0 aliphatic carbocycles. The van der Waals surface area contributed by atoms with Gasteiger partial charge in [-0.15, -0.1) is 0 Å². The molecule has 0 amide bonds. The number of hydrogen-bond donors (Lipinski definition) is 2. The van der Waals surface area contributed by atoms with Crippen LogP contribution in [0.3, 0.4) is 0 Å². The lowest BCUT2D eigenvalue weighted by Gasteiger charge is -2.08. The van der Waals surface area contributed by atoms with Crippen molar-refractivity contribution in [1.29, 1.82) is 0 Å². The van der Waals surface area contributed by atoms with E-state index in [4.69, 9.17) is 14.8 Å². The molecule has 15 heavy (non-hydrogen) atoms. The molecule has 0 aliphatic heterocycles. The van der Waals surface area contributed by atoms with E-state index in [1.807, 2.05) is 0 Å². The number of ether oxygens (including phenoxy) is 1. The highest BCUT2D eigenvalue weighted by Crippen LogP contribution is 2.21. The van der Waals surface area contributed by atoms with Crippen LogP contribution in [0.25, 0.3) is 0 Å². The van der Waals surface area contributed by atoms with Crippen molar-refractivity contribution in [3.05, 3.63) is 18.2 Å². The zero-order chi connectivity index (χ0) is 11.6. The third kappa shape index (κ3) is 2.71. The molecule has 7 heteroatoms. The number of sulfone groups is 1. The van der Waals surface area contributed by atoms with Gasteiger partial charge in [0, 0.05) is 6.26 Å². The molecular weight excluding hydrogens is 219 g/mol. The van der Waals surface area contributed by atoms with Gasteiger partial charge in [-0.05, 0) is 17.6 Å². The van der Waals surface area contributed by atoms with Crippen LogP contribution in [0.15, 0.2) is 23.1 Å². The minimum Gasteiger partial charge on any atom is -0.495 e.